The van der Waals surface area contributed by atoms with Gasteiger partial charge in [0, 0.05) is 13.0 Å². The second-order valence-corrected chi connectivity index (χ2v) is 3.84. The fraction of sp³-hybridized carbons (Fsp3) is 0.833. The third-order valence-corrected chi connectivity index (χ3v) is 2.41. The number of methoxy groups -OCH3 is 1. The highest BCUT2D eigenvalue weighted by Gasteiger charge is 2.01. The maximum Gasteiger partial charge on any atom is 0.0524 e. The topological polar surface area (TPSA) is 21.3 Å². The molecule has 1 N–H and O–H groups in total. The van der Waals surface area contributed by atoms with Crippen LogP contribution in [0.5, 0.6) is 0 Å². The van der Waals surface area contributed by atoms with Crippen molar-refractivity contribution in [3.8, 4) is 0 Å². The van der Waals surface area contributed by atoms with E-state index in [0.717, 1.165) is 26.1 Å². The molecule has 1 atom stereocenters. The van der Waals surface area contributed by atoms with Gasteiger partial charge < -0.3 is 10.1 Å². The van der Waals surface area contributed by atoms with E-state index in [2.05, 4.69) is 32.2 Å². The first-order valence-corrected chi connectivity index (χ1v) is 5.58. The van der Waals surface area contributed by atoms with Crippen molar-refractivity contribution < 1.29 is 4.74 Å². The van der Waals surface area contributed by atoms with Crippen LogP contribution < -0.4 is 5.32 Å². The molecule has 0 aromatic heterocycles. The summed E-state index contributed by atoms with van der Waals surface area (Å²) in [5.74, 6) is 0.547. The first kappa shape index (κ1) is 13.7. The summed E-state index contributed by atoms with van der Waals surface area (Å²) < 4.78 is 5.11. The van der Waals surface area contributed by atoms with Crippen LogP contribution in [-0.2, 0) is 4.74 Å². The third-order valence-electron chi connectivity index (χ3n) is 2.41. The molecule has 0 saturated carbocycles. The summed E-state index contributed by atoms with van der Waals surface area (Å²) in [6.45, 7) is 9.61. The third kappa shape index (κ3) is 7.10. The Kier molecular flexibility index (Phi) is 9.00. The maximum absolute atomic E-state index is 5.11. The van der Waals surface area contributed by atoms with Crippen molar-refractivity contribution in [2.24, 2.45) is 5.92 Å². The summed E-state index contributed by atoms with van der Waals surface area (Å²) in [4.78, 5) is 0. The zero-order valence-corrected chi connectivity index (χ0v) is 10.1. The molecule has 1 unspecified atom stereocenters. The summed E-state index contributed by atoms with van der Waals surface area (Å²) in [6.07, 6.45) is 4.65. The normalized spacial score (nSPS) is 14.4. The zero-order chi connectivity index (χ0) is 10.8. The first-order valence-electron chi connectivity index (χ1n) is 5.58. The monoisotopic (exact) mass is 199 g/mol. The molecule has 0 rings (SSSR count). The van der Waals surface area contributed by atoms with E-state index in [1.165, 1.54) is 12.0 Å². The number of ether oxygens (including phenoxy) is 1. The highest BCUT2D eigenvalue weighted by molar-refractivity contribution is 5.02. The fourth-order valence-corrected chi connectivity index (χ4v) is 1.29. The fourth-order valence-electron chi connectivity index (χ4n) is 1.29. The molecule has 0 fully saturated rings. The highest BCUT2D eigenvalue weighted by atomic mass is 16.5. The number of hydrogen-bond donors (Lipinski definition) is 1. The minimum absolute atomic E-state index is 0.547. The average Bonchev–Trinajstić information content (AvgIpc) is 2.17. The Labute approximate surface area is 88.7 Å². The van der Waals surface area contributed by atoms with Crippen LogP contribution in [0.1, 0.15) is 33.6 Å². The molecule has 0 heterocycles. The van der Waals surface area contributed by atoms with Crippen molar-refractivity contribution in [3.63, 3.8) is 0 Å². The Morgan fingerprint density at radius 3 is 2.71 bits per heavy atom. The van der Waals surface area contributed by atoms with E-state index < -0.39 is 0 Å². The summed E-state index contributed by atoms with van der Waals surface area (Å²) in [6, 6.07) is 0. The van der Waals surface area contributed by atoms with Gasteiger partial charge >= 0.3 is 0 Å². The summed E-state index contributed by atoms with van der Waals surface area (Å²) >= 11 is 0. The quantitative estimate of drug-likeness (QED) is 0.479. The van der Waals surface area contributed by atoms with Gasteiger partial charge in [0.2, 0.25) is 0 Å². The van der Waals surface area contributed by atoms with Crippen LogP contribution in [0.3, 0.4) is 0 Å². The minimum atomic E-state index is 0.547. The van der Waals surface area contributed by atoms with E-state index in [0.29, 0.717) is 5.92 Å². The molecule has 0 saturated heterocycles. The van der Waals surface area contributed by atoms with Crippen molar-refractivity contribution in [2.75, 3.05) is 26.8 Å². The molecule has 0 amide bonds. The second kappa shape index (κ2) is 9.22. The summed E-state index contributed by atoms with van der Waals surface area (Å²) in [7, 11) is 1.76. The largest absolute Gasteiger partial charge is 0.384 e. The van der Waals surface area contributed by atoms with E-state index in [9.17, 15) is 0 Å². The molecule has 0 aliphatic heterocycles. The molecule has 0 aromatic carbocycles. The van der Waals surface area contributed by atoms with Crippen LogP contribution in [-0.4, -0.2) is 26.8 Å². The molecule has 0 bridgehead atoms. The number of nitrogens with one attached hydrogen (secondary N) is 1. The lowest BCUT2D eigenvalue weighted by Gasteiger charge is -2.10. The highest BCUT2D eigenvalue weighted by Crippen LogP contribution is 2.09. The van der Waals surface area contributed by atoms with Gasteiger partial charge in [0.1, 0.15) is 0 Å². The van der Waals surface area contributed by atoms with Crippen molar-refractivity contribution >= 4 is 0 Å². The molecule has 0 spiro atoms. The molecule has 0 radical (unpaired) electrons. The molecule has 0 aliphatic carbocycles. The van der Waals surface area contributed by atoms with Crippen molar-refractivity contribution in [1.29, 1.82) is 0 Å². The zero-order valence-electron chi connectivity index (χ0n) is 10.1. The Morgan fingerprint density at radius 1 is 1.43 bits per heavy atom. The lowest BCUT2D eigenvalue weighted by atomic mass is 10.0. The van der Waals surface area contributed by atoms with Gasteiger partial charge in [-0.25, -0.2) is 0 Å². The van der Waals surface area contributed by atoms with Crippen LogP contribution in [0.2, 0.25) is 0 Å². The van der Waals surface area contributed by atoms with E-state index in [1.807, 2.05) is 0 Å². The molecule has 84 valence electrons. The Balaban J connectivity index is 3.54. The van der Waals surface area contributed by atoms with E-state index >= 15 is 0 Å². The molecule has 0 aromatic rings. The van der Waals surface area contributed by atoms with E-state index in [4.69, 9.17) is 4.74 Å². The smallest absolute Gasteiger partial charge is 0.0524 e. The first-order chi connectivity index (χ1) is 6.72. The Hall–Kier alpha value is -0.340. The summed E-state index contributed by atoms with van der Waals surface area (Å²) in [5, 5.41) is 3.39. The van der Waals surface area contributed by atoms with Gasteiger partial charge in [-0.1, -0.05) is 25.5 Å². The van der Waals surface area contributed by atoms with Gasteiger partial charge in [0.05, 0.1) is 6.61 Å². The van der Waals surface area contributed by atoms with Gasteiger partial charge in [0.15, 0.2) is 0 Å². The molecule has 2 nitrogen and oxygen atoms in total. The van der Waals surface area contributed by atoms with Crippen molar-refractivity contribution in [3.05, 3.63) is 11.6 Å². The van der Waals surface area contributed by atoms with Gasteiger partial charge in [-0.05, 0) is 32.9 Å². The Bertz CT molecular complexity index is 154. The van der Waals surface area contributed by atoms with Crippen LogP contribution in [0.25, 0.3) is 0 Å². The van der Waals surface area contributed by atoms with Gasteiger partial charge in [0.25, 0.3) is 0 Å². The lowest BCUT2D eigenvalue weighted by Crippen LogP contribution is -2.15. The minimum Gasteiger partial charge on any atom is -0.384 e. The molecular formula is C12H25NO. The van der Waals surface area contributed by atoms with Crippen molar-refractivity contribution in [2.45, 2.75) is 33.6 Å². The molecular weight excluding hydrogens is 174 g/mol. The van der Waals surface area contributed by atoms with E-state index in [-0.39, 0.29) is 0 Å². The van der Waals surface area contributed by atoms with E-state index in [1.54, 1.807) is 7.11 Å². The predicted octanol–water partition coefficient (Wildman–Crippen LogP) is 2.60. The second-order valence-electron chi connectivity index (χ2n) is 3.84. The number of rotatable bonds is 8. The lowest BCUT2D eigenvalue weighted by molar-refractivity contribution is 0.172. The van der Waals surface area contributed by atoms with Crippen molar-refractivity contribution in [1.82, 2.24) is 5.32 Å². The van der Waals surface area contributed by atoms with Crippen LogP contribution in [0.4, 0.5) is 0 Å². The van der Waals surface area contributed by atoms with Crippen LogP contribution in [0.15, 0.2) is 11.6 Å². The molecule has 2 heteroatoms. The standard InChI is InChI=1S/C12H25NO/c1-5-8-13-9-6-7-11(2)12(3)10-14-4/h7,12-13H,5-6,8-10H2,1-4H3/b11-7-. The SMILES string of the molecule is CCCNCC/C=C(/C)C(C)COC. The van der Waals surface area contributed by atoms with Crippen LogP contribution in [0, 0.1) is 5.92 Å². The van der Waals surface area contributed by atoms with Gasteiger partial charge in [-0.2, -0.15) is 0 Å². The average molecular weight is 199 g/mol. The summed E-state index contributed by atoms with van der Waals surface area (Å²) in [5.41, 5.74) is 1.44. The Morgan fingerprint density at radius 2 is 2.14 bits per heavy atom. The molecule has 14 heavy (non-hydrogen) atoms. The predicted molar refractivity (Wildman–Crippen MR) is 62.6 cm³/mol. The van der Waals surface area contributed by atoms with Gasteiger partial charge in [-0.3, -0.25) is 0 Å². The maximum atomic E-state index is 5.11. The number of hydrogen-bond acceptors (Lipinski definition) is 2. The van der Waals surface area contributed by atoms with Gasteiger partial charge in [-0.15, -0.1) is 0 Å². The van der Waals surface area contributed by atoms with Crippen LogP contribution >= 0.6 is 0 Å². The molecule has 0 aliphatic rings.